The van der Waals surface area contributed by atoms with Crippen molar-refractivity contribution in [3.63, 3.8) is 0 Å². The highest BCUT2D eigenvalue weighted by Gasteiger charge is 2.13. The van der Waals surface area contributed by atoms with E-state index in [2.05, 4.69) is 4.72 Å². The smallest absolute Gasteiger partial charge is 0.240 e. The van der Waals surface area contributed by atoms with E-state index >= 15 is 0 Å². The van der Waals surface area contributed by atoms with Gasteiger partial charge in [-0.3, -0.25) is 0 Å². The molecule has 0 amide bonds. The Morgan fingerprint density at radius 3 is 2.14 bits per heavy atom. The Hall–Kier alpha value is -1.85. The van der Waals surface area contributed by atoms with Gasteiger partial charge in [0.05, 0.1) is 11.0 Å². The van der Waals surface area contributed by atoms with E-state index in [-0.39, 0.29) is 17.5 Å². The maximum absolute atomic E-state index is 12.2. The fourth-order valence-corrected chi connectivity index (χ4v) is 2.95. The van der Waals surface area contributed by atoms with E-state index in [4.69, 9.17) is 4.74 Å². The summed E-state index contributed by atoms with van der Waals surface area (Å²) in [5.41, 5.74) is 1.91. The minimum Gasteiger partial charge on any atom is -0.491 e. The summed E-state index contributed by atoms with van der Waals surface area (Å²) in [5.74, 6) is 0.778. The van der Waals surface area contributed by atoms with Gasteiger partial charge in [0, 0.05) is 6.54 Å². The van der Waals surface area contributed by atoms with Crippen molar-refractivity contribution < 1.29 is 13.2 Å². The molecule has 0 unspecified atom stereocenters. The highest BCUT2D eigenvalue weighted by molar-refractivity contribution is 7.89. The molecule has 4 nitrogen and oxygen atoms in total. The molecule has 0 radical (unpaired) electrons. The number of ether oxygens (including phenoxy) is 1. The lowest BCUT2D eigenvalue weighted by Crippen LogP contribution is -2.23. The monoisotopic (exact) mass is 319 g/mol. The SMILES string of the molecule is Cc1ccc(S(=O)(=O)NCc2ccc(OC(C)C)cc2)cc1. The van der Waals surface area contributed by atoms with Gasteiger partial charge in [-0.2, -0.15) is 0 Å². The number of benzene rings is 2. The Kier molecular flexibility index (Phi) is 5.21. The van der Waals surface area contributed by atoms with E-state index in [0.717, 1.165) is 16.9 Å². The number of sulfonamides is 1. The van der Waals surface area contributed by atoms with Gasteiger partial charge in [0.15, 0.2) is 0 Å². The topological polar surface area (TPSA) is 55.4 Å². The summed E-state index contributed by atoms with van der Waals surface area (Å²) in [6, 6.07) is 14.2. The summed E-state index contributed by atoms with van der Waals surface area (Å²) in [5, 5.41) is 0. The zero-order valence-corrected chi connectivity index (χ0v) is 13.9. The van der Waals surface area contributed by atoms with Crippen LogP contribution < -0.4 is 9.46 Å². The lowest BCUT2D eigenvalue weighted by Gasteiger charge is -2.11. The number of nitrogens with one attached hydrogen (secondary N) is 1. The molecule has 2 rings (SSSR count). The third kappa shape index (κ3) is 4.58. The van der Waals surface area contributed by atoms with E-state index in [9.17, 15) is 8.42 Å². The van der Waals surface area contributed by atoms with Crippen LogP contribution in [0.5, 0.6) is 5.75 Å². The van der Waals surface area contributed by atoms with Gasteiger partial charge < -0.3 is 4.74 Å². The molecule has 0 aliphatic heterocycles. The summed E-state index contributed by atoms with van der Waals surface area (Å²) >= 11 is 0. The van der Waals surface area contributed by atoms with Gasteiger partial charge >= 0.3 is 0 Å². The van der Waals surface area contributed by atoms with Gasteiger partial charge in [0.1, 0.15) is 5.75 Å². The average Bonchev–Trinajstić information content (AvgIpc) is 2.46. The first-order chi connectivity index (χ1) is 10.4. The average molecular weight is 319 g/mol. The maximum atomic E-state index is 12.2. The van der Waals surface area contributed by atoms with E-state index in [1.165, 1.54) is 0 Å². The minimum absolute atomic E-state index is 0.117. The second kappa shape index (κ2) is 6.94. The number of aryl methyl sites for hydroxylation is 1. The quantitative estimate of drug-likeness (QED) is 0.889. The largest absolute Gasteiger partial charge is 0.491 e. The molecular formula is C17H21NO3S. The predicted octanol–water partition coefficient (Wildman–Crippen LogP) is 3.26. The van der Waals surface area contributed by atoms with Crippen molar-refractivity contribution in [1.29, 1.82) is 0 Å². The second-order valence-corrected chi connectivity index (χ2v) is 7.22. The van der Waals surface area contributed by atoms with E-state index in [1.807, 2.05) is 45.0 Å². The molecule has 0 saturated carbocycles. The molecule has 0 aliphatic carbocycles. The molecule has 22 heavy (non-hydrogen) atoms. The third-order valence-electron chi connectivity index (χ3n) is 3.09. The van der Waals surface area contributed by atoms with Gasteiger partial charge in [0.25, 0.3) is 0 Å². The molecule has 0 aromatic heterocycles. The first-order valence-electron chi connectivity index (χ1n) is 7.19. The van der Waals surface area contributed by atoms with E-state index in [0.29, 0.717) is 0 Å². The van der Waals surface area contributed by atoms with Crippen molar-refractivity contribution in [1.82, 2.24) is 4.72 Å². The molecule has 0 atom stereocenters. The Balaban J connectivity index is 2.01. The summed E-state index contributed by atoms with van der Waals surface area (Å²) in [6.45, 7) is 6.09. The molecule has 2 aromatic rings. The fraction of sp³-hybridized carbons (Fsp3) is 0.294. The van der Waals surface area contributed by atoms with Crippen molar-refractivity contribution in [3.05, 3.63) is 59.7 Å². The maximum Gasteiger partial charge on any atom is 0.240 e. The Morgan fingerprint density at radius 2 is 1.59 bits per heavy atom. The highest BCUT2D eigenvalue weighted by atomic mass is 32.2. The van der Waals surface area contributed by atoms with Crippen LogP contribution >= 0.6 is 0 Å². The molecule has 2 aromatic carbocycles. The van der Waals surface area contributed by atoms with Gasteiger partial charge in [-0.25, -0.2) is 13.1 Å². The molecule has 0 fully saturated rings. The molecule has 0 heterocycles. The predicted molar refractivity (Wildman–Crippen MR) is 87.4 cm³/mol. The van der Waals surface area contributed by atoms with Crippen LogP contribution in [-0.4, -0.2) is 14.5 Å². The Bertz CT molecular complexity index is 705. The van der Waals surface area contributed by atoms with E-state index in [1.54, 1.807) is 24.3 Å². The second-order valence-electron chi connectivity index (χ2n) is 5.45. The van der Waals surface area contributed by atoms with Crippen molar-refractivity contribution in [2.75, 3.05) is 0 Å². The summed E-state index contributed by atoms with van der Waals surface area (Å²) in [4.78, 5) is 0.276. The van der Waals surface area contributed by atoms with Gasteiger partial charge in [-0.05, 0) is 50.6 Å². The first-order valence-corrected chi connectivity index (χ1v) is 8.67. The van der Waals surface area contributed by atoms with Crippen LogP contribution in [0.15, 0.2) is 53.4 Å². The third-order valence-corrected chi connectivity index (χ3v) is 4.51. The van der Waals surface area contributed by atoms with Crippen molar-refractivity contribution >= 4 is 10.0 Å². The normalized spacial score (nSPS) is 11.6. The van der Waals surface area contributed by atoms with Crippen molar-refractivity contribution in [2.24, 2.45) is 0 Å². The van der Waals surface area contributed by atoms with Crippen LogP contribution in [-0.2, 0) is 16.6 Å². The number of hydrogen-bond acceptors (Lipinski definition) is 3. The van der Waals surface area contributed by atoms with Crippen molar-refractivity contribution in [3.8, 4) is 5.75 Å². The minimum atomic E-state index is -3.49. The number of hydrogen-bond donors (Lipinski definition) is 1. The molecule has 0 saturated heterocycles. The molecule has 0 aliphatic rings. The van der Waals surface area contributed by atoms with Crippen LogP contribution in [0.25, 0.3) is 0 Å². The van der Waals surface area contributed by atoms with E-state index < -0.39 is 10.0 Å². The van der Waals surface area contributed by atoms with Crippen LogP contribution in [0.1, 0.15) is 25.0 Å². The van der Waals surface area contributed by atoms with Crippen LogP contribution in [0.3, 0.4) is 0 Å². The Morgan fingerprint density at radius 1 is 1.00 bits per heavy atom. The van der Waals surface area contributed by atoms with Gasteiger partial charge in [0.2, 0.25) is 10.0 Å². The number of rotatable bonds is 6. The molecule has 0 bridgehead atoms. The lowest BCUT2D eigenvalue weighted by atomic mass is 10.2. The van der Waals surface area contributed by atoms with Gasteiger partial charge in [-0.1, -0.05) is 29.8 Å². The van der Waals surface area contributed by atoms with Crippen molar-refractivity contribution in [2.45, 2.75) is 38.3 Å². The Labute approximate surface area is 132 Å². The van der Waals surface area contributed by atoms with Gasteiger partial charge in [-0.15, -0.1) is 0 Å². The molecule has 1 N–H and O–H groups in total. The molecule has 5 heteroatoms. The van der Waals surface area contributed by atoms with Crippen LogP contribution in [0, 0.1) is 6.92 Å². The zero-order chi connectivity index (χ0) is 16.2. The molecule has 0 spiro atoms. The molecule has 118 valence electrons. The zero-order valence-electron chi connectivity index (χ0n) is 13.0. The summed E-state index contributed by atoms with van der Waals surface area (Å²) in [6.07, 6.45) is 0.117. The molecular weight excluding hydrogens is 298 g/mol. The lowest BCUT2D eigenvalue weighted by molar-refractivity contribution is 0.242. The van der Waals surface area contributed by atoms with Crippen LogP contribution in [0.4, 0.5) is 0 Å². The summed E-state index contributed by atoms with van der Waals surface area (Å²) in [7, 11) is -3.49. The first kappa shape index (κ1) is 16.5. The van der Waals surface area contributed by atoms with Crippen LogP contribution in [0.2, 0.25) is 0 Å². The summed E-state index contributed by atoms with van der Waals surface area (Å²) < 4.78 is 32.5. The highest BCUT2D eigenvalue weighted by Crippen LogP contribution is 2.15. The standard InChI is InChI=1S/C17H21NO3S/c1-13(2)21-16-8-6-15(7-9-16)12-18-22(19,20)17-10-4-14(3)5-11-17/h4-11,13,18H,12H2,1-3H3. The fourth-order valence-electron chi connectivity index (χ4n) is 1.94.